The van der Waals surface area contributed by atoms with E-state index in [1.54, 1.807) is 6.92 Å². The Bertz CT molecular complexity index is 2620. The van der Waals surface area contributed by atoms with Crippen molar-refractivity contribution in [3.05, 3.63) is 131 Å². The number of hydrogen-bond donors (Lipinski definition) is 0. The van der Waals surface area contributed by atoms with Crippen LogP contribution in [0.25, 0.3) is 66.1 Å². The summed E-state index contributed by atoms with van der Waals surface area (Å²) >= 11 is 0. The Morgan fingerprint density at radius 3 is 1.78 bits per heavy atom. The van der Waals surface area contributed by atoms with E-state index in [0.717, 1.165) is 49.4 Å². The van der Waals surface area contributed by atoms with Gasteiger partial charge < -0.3 is 0 Å². The SMILES string of the molecule is [B]/C(C)=C([B])/C([B])=C(/[B])C(=C)c1nc2ccccc2n1-c1c2ccccc2c(-c2c([B])c([B])c([B])c([B])c2[B])c2cc(-c3ccccc3)ccc12. The van der Waals surface area contributed by atoms with Crippen LogP contribution in [0, 0.1) is 0 Å². The van der Waals surface area contributed by atoms with Gasteiger partial charge in [-0.15, -0.1) is 32.8 Å². The minimum Gasteiger partial charge on any atom is -0.291 e. The van der Waals surface area contributed by atoms with E-state index in [1.165, 1.54) is 0 Å². The van der Waals surface area contributed by atoms with Gasteiger partial charge in [-0.3, -0.25) is 4.57 Å². The van der Waals surface area contributed by atoms with Gasteiger partial charge in [0.05, 0.1) is 16.7 Å². The molecule has 218 valence electrons. The van der Waals surface area contributed by atoms with Gasteiger partial charge in [-0.05, 0) is 51.2 Å². The first-order chi connectivity index (χ1) is 24.4. The highest BCUT2D eigenvalue weighted by Crippen LogP contribution is 2.43. The molecule has 18 radical (unpaired) electrons. The lowest BCUT2D eigenvalue weighted by Gasteiger charge is -2.26. The zero-order chi connectivity index (χ0) is 36.3. The van der Waals surface area contributed by atoms with Crippen molar-refractivity contribution in [2.75, 3.05) is 0 Å². The summed E-state index contributed by atoms with van der Waals surface area (Å²) in [4.78, 5) is 5.04. The number of allylic oxidation sites excluding steroid dienone is 5. The van der Waals surface area contributed by atoms with E-state index in [-0.39, 0.29) is 43.7 Å². The second kappa shape index (κ2) is 13.3. The maximum absolute atomic E-state index is 6.77. The average molecular weight is 627 g/mol. The van der Waals surface area contributed by atoms with Crippen molar-refractivity contribution in [3.8, 4) is 27.9 Å². The van der Waals surface area contributed by atoms with E-state index in [0.29, 0.717) is 28.0 Å². The van der Waals surface area contributed by atoms with Crippen LogP contribution < -0.4 is 27.3 Å². The third kappa shape index (κ3) is 5.62. The Kier molecular flexibility index (Phi) is 9.04. The van der Waals surface area contributed by atoms with Crippen LogP contribution in [0.1, 0.15) is 12.7 Å². The number of hydrogen-bond acceptors (Lipinski definition) is 1. The van der Waals surface area contributed by atoms with Crippen molar-refractivity contribution in [1.82, 2.24) is 9.55 Å². The van der Waals surface area contributed by atoms with Crippen molar-refractivity contribution in [3.63, 3.8) is 0 Å². The molecule has 0 saturated carbocycles. The molecule has 0 saturated heterocycles. The van der Waals surface area contributed by atoms with Crippen LogP contribution >= 0.6 is 0 Å². The topological polar surface area (TPSA) is 17.8 Å². The van der Waals surface area contributed by atoms with Crippen LogP contribution in [0.15, 0.2) is 126 Å². The van der Waals surface area contributed by atoms with E-state index in [9.17, 15) is 0 Å². The average Bonchev–Trinajstić information content (AvgIpc) is 3.54. The van der Waals surface area contributed by atoms with Crippen LogP contribution in [0.2, 0.25) is 0 Å². The van der Waals surface area contributed by atoms with Gasteiger partial charge in [-0.25, -0.2) is 4.98 Å². The van der Waals surface area contributed by atoms with Gasteiger partial charge in [0, 0.05) is 16.3 Å². The van der Waals surface area contributed by atoms with Gasteiger partial charge in [0.25, 0.3) is 0 Å². The number of fused-ring (bicyclic) bond motifs is 3. The fourth-order valence-corrected chi connectivity index (χ4v) is 6.69. The highest BCUT2D eigenvalue weighted by molar-refractivity contribution is 6.69. The molecule has 6 aromatic carbocycles. The molecule has 7 rings (SSSR count). The summed E-state index contributed by atoms with van der Waals surface area (Å²) in [6.07, 6.45) is 0. The maximum Gasteiger partial charge on any atom is 0.144 e. The first-order valence-corrected chi connectivity index (χ1v) is 16.1. The lowest BCUT2D eigenvalue weighted by molar-refractivity contribution is 1.08. The van der Waals surface area contributed by atoms with Crippen molar-refractivity contribution in [2.24, 2.45) is 0 Å². The Hall–Kier alpha value is -4.89. The van der Waals surface area contributed by atoms with Crippen LogP contribution in [0.4, 0.5) is 0 Å². The molecule has 0 atom stereocenters. The van der Waals surface area contributed by atoms with E-state index >= 15 is 0 Å². The lowest BCUT2D eigenvalue weighted by Crippen LogP contribution is -2.55. The molecular formula is C40H21B9N2. The van der Waals surface area contributed by atoms with E-state index in [4.69, 9.17) is 75.6 Å². The van der Waals surface area contributed by atoms with Gasteiger partial charge in [0.2, 0.25) is 0 Å². The quantitative estimate of drug-likeness (QED) is 0.158. The summed E-state index contributed by atoms with van der Waals surface area (Å²) in [6, 6.07) is 32.1. The molecule has 1 heterocycles. The summed E-state index contributed by atoms with van der Waals surface area (Å²) in [5.41, 5.74) is 7.65. The fourth-order valence-electron chi connectivity index (χ4n) is 6.69. The predicted octanol–water partition coefficient (Wildman–Crippen LogP) is 2.77. The minimum absolute atomic E-state index is 0.112. The normalized spacial score (nSPS) is 12.6. The largest absolute Gasteiger partial charge is 0.291 e. The highest BCUT2D eigenvalue weighted by atomic mass is 15.1. The van der Waals surface area contributed by atoms with Gasteiger partial charge in [0.15, 0.2) is 0 Å². The number of para-hydroxylation sites is 2. The Balaban J connectivity index is 1.69. The van der Waals surface area contributed by atoms with Crippen molar-refractivity contribution < 1.29 is 0 Å². The molecule has 2 nitrogen and oxygen atoms in total. The Morgan fingerprint density at radius 2 is 1.12 bits per heavy atom. The van der Waals surface area contributed by atoms with Crippen molar-refractivity contribution >= 4 is 136 Å². The molecule has 0 amide bonds. The smallest absolute Gasteiger partial charge is 0.144 e. The summed E-state index contributed by atoms with van der Waals surface area (Å²) in [6.45, 7) is 6.01. The van der Waals surface area contributed by atoms with E-state index in [2.05, 4.69) is 36.9 Å². The molecule has 0 spiro atoms. The number of benzene rings is 6. The summed E-state index contributed by atoms with van der Waals surface area (Å²) in [5, 5.41) is 3.36. The second-order valence-electron chi connectivity index (χ2n) is 12.5. The van der Waals surface area contributed by atoms with Crippen LogP contribution in [0.5, 0.6) is 0 Å². The van der Waals surface area contributed by atoms with Crippen molar-refractivity contribution in [2.45, 2.75) is 6.92 Å². The lowest BCUT2D eigenvalue weighted by atomic mass is 9.59. The molecule has 0 unspecified atom stereocenters. The Labute approximate surface area is 310 Å². The molecule has 0 N–H and O–H groups in total. The second-order valence-corrected chi connectivity index (χ2v) is 12.5. The number of rotatable bonds is 6. The third-order valence-corrected chi connectivity index (χ3v) is 9.44. The molecular weight excluding hydrogens is 606 g/mol. The molecule has 51 heavy (non-hydrogen) atoms. The van der Waals surface area contributed by atoms with Crippen LogP contribution in [-0.2, 0) is 0 Å². The molecule has 0 aliphatic carbocycles. The fraction of sp³-hybridized carbons (Fsp3) is 0.0250. The predicted molar refractivity (Wildman–Crippen MR) is 226 cm³/mol. The van der Waals surface area contributed by atoms with Gasteiger partial charge in [-0.1, -0.05) is 109 Å². The molecule has 0 fully saturated rings. The number of aromatic nitrogens is 2. The molecule has 1 aromatic heterocycles. The third-order valence-electron chi connectivity index (χ3n) is 9.44. The maximum atomic E-state index is 6.77. The standard InChI is InChI=1S/C40H21B9N2/c1-19(31(42)35(46)32(43)20(2)41)40-50-27-14-8-9-15-28(27)51(40)39-24-13-7-6-12-23(24)29(30-33(44)36(47)38(49)37(48)34(30)45)26-18-22(16-17-25(26)39)21-10-4-3-5-11-21/h3-18H,1H2,2H3/b32-20-,35-31-. The van der Waals surface area contributed by atoms with Gasteiger partial charge in [-0.2, -0.15) is 0 Å². The van der Waals surface area contributed by atoms with Gasteiger partial charge in [0.1, 0.15) is 76.4 Å². The summed E-state index contributed by atoms with van der Waals surface area (Å²) in [5.74, 6) is 0.463. The summed E-state index contributed by atoms with van der Waals surface area (Å²) in [7, 11) is 58.0. The van der Waals surface area contributed by atoms with Crippen LogP contribution in [-0.4, -0.2) is 80.2 Å². The zero-order valence-electron chi connectivity index (χ0n) is 28.0. The molecule has 0 bridgehead atoms. The van der Waals surface area contributed by atoms with Gasteiger partial charge >= 0.3 is 0 Å². The minimum atomic E-state index is 0.112. The van der Waals surface area contributed by atoms with E-state index in [1.807, 2.05) is 71.3 Å². The molecule has 7 aromatic rings. The Morgan fingerprint density at radius 1 is 0.549 bits per heavy atom. The molecule has 11 heteroatoms. The monoisotopic (exact) mass is 628 g/mol. The number of imidazole rings is 1. The number of nitrogens with zero attached hydrogens (tertiary/aromatic N) is 2. The first kappa shape index (κ1) is 34.6. The van der Waals surface area contributed by atoms with E-state index < -0.39 is 0 Å². The highest BCUT2D eigenvalue weighted by Gasteiger charge is 2.25. The first-order valence-electron chi connectivity index (χ1n) is 16.1. The van der Waals surface area contributed by atoms with Crippen molar-refractivity contribution in [1.29, 1.82) is 0 Å². The summed E-state index contributed by atoms with van der Waals surface area (Å²) < 4.78 is 2.04. The van der Waals surface area contributed by atoms with Crippen LogP contribution in [0.3, 0.4) is 0 Å². The molecule has 0 aliphatic rings. The zero-order valence-corrected chi connectivity index (χ0v) is 28.0. The molecule has 0 aliphatic heterocycles.